The van der Waals surface area contributed by atoms with E-state index in [1.54, 1.807) is 0 Å². The summed E-state index contributed by atoms with van der Waals surface area (Å²) in [6, 6.07) is 0. The van der Waals surface area contributed by atoms with E-state index in [9.17, 15) is 0 Å². The Balaban J connectivity index is 2.61. The second-order valence-corrected chi connectivity index (χ2v) is 0.962. The van der Waals surface area contributed by atoms with E-state index in [0.717, 1.165) is 0 Å². The van der Waals surface area contributed by atoms with E-state index in [2.05, 4.69) is 0 Å². The van der Waals surface area contributed by atoms with Crippen molar-refractivity contribution in [2.75, 3.05) is 0 Å². The van der Waals surface area contributed by atoms with Crippen LogP contribution >= 0.6 is 0 Å². The Morgan fingerprint density at radius 2 is 1.60 bits per heavy atom. The molecule has 0 aromatic rings. The van der Waals surface area contributed by atoms with Gasteiger partial charge >= 0.3 is 32.6 Å². The molecule has 1 heterocycles. The standard InChI is InChI=1S/C2H2B3/c1-3-2-5-4-1/h1-2H. The zero-order chi connectivity index (χ0) is 3.54. The summed E-state index contributed by atoms with van der Waals surface area (Å²) in [6.45, 7) is 4.00. The average Bonchev–Trinajstić information content (AvgIpc) is 1.76. The van der Waals surface area contributed by atoms with Crippen LogP contribution in [0.2, 0.25) is 0 Å². The fourth-order valence-corrected chi connectivity index (χ4v) is 0.321. The second-order valence-electron chi connectivity index (χ2n) is 0.962. The van der Waals surface area contributed by atoms with Crippen LogP contribution in [0.5, 0.6) is 0 Å². The van der Waals surface area contributed by atoms with Crippen molar-refractivity contribution in [1.82, 2.24) is 0 Å². The molecule has 0 spiro atoms. The van der Waals surface area contributed by atoms with Crippen LogP contribution in [0.3, 0.4) is 0 Å². The van der Waals surface area contributed by atoms with E-state index in [-0.39, 0.29) is 0 Å². The van der Waals surface area contributed by atoms with Gasteiger partial charge in [-0.1, -0.05) is 0 Å². The molecule has 1 radical (unpaired) electrons. The van der Waals surface area contributed by atoms with Gasteiger partial charge in [-0.05, 0) is 0 Å². The molecule has 0 fully saturated rings. The molecular formula is C2H2B3. The zero-order valence-corrected chi connectivity index (χ0v) is 2.89. The van der Waals surface area contributed by atoms with Crippen LogP contribution in [0.1, 0.15) is 0 Å². The zero-order valence-electron chi connectivity index (χ0n) is 2.89. The van der Waals surface area contributed by atoms with Gasteiger partial charge in [0.15, 0.2) is 0 Å². The van der Waals surface area contributed by atoms with Gasteiger partial charge in [0.2, 0.25) is 0 Å². The molecule has 5 heavy (non-hydrogen) atoms. The molecule has 0 bridgehead atoms. The summed E-state index contributed by atoms with van der Waals surface area (Å²) in [6.07, 6.45) is 0. The van der Waals surface area contributed by atoms with Crippen molar-refractivity contribution in [2.24, 2.45) is 0 Å². The van der Waals surface area contributed by atoms with E-state index in [0.29, 0.717) is 0 Å². The molecule has 0 aromatic carbocycles. The fourth-order valence-electron chi connectivity index (χ4n) is 0.321. The third-order valence-electron chi connectivity index (χ3n) is 0.556. The van der Waals surface area contributed by atoms with Crippen LogP contribution in [0, 0.1) is 0 Å². The first kappa shape index (κ1) is 3.14. The summed E-state index contributed by atoms with van der Waals surface area (Å²) in [4.78, 5) is 0. The van der Waals surface area contributed by atoms with Crippen molar-refractivity contribution in [3.63, 3.8) is 0 Å². The molecule has 0 aliphatic carbocycles. The Hall–Kier alpha value is -0.0652. The predicted octanol–water partition coefficient (Wildman–Crippen LogP) is -1.45. The van der Waals surface area contributed by atoms with E-state index < -0.39 is 0 Å². The molecule has 0 aromatic heterocycles. The molecule has 0 N–H and O–H groups in total. The minimum atomic E-state index is 2.00. The van der Waals surface area contributed by atoms with Crippen molar-refractivity contribution in [3.05, 3.63) is 0 Å². The molecule has 1 rings (SSSR count). The van der Waals surface area contributed by atoms with Gasteiger partial charge in [0.05, 0.1) is 0 Å². The van der Waals surface area contributed by atoms with Crippen LogP contribution < -0.4 is 0 Å². The molecule has 0 nitrogen and oxygen atoms in total. The minimum absolute atomic E-state index is 2.00. The number of hydrogen-bond donors (Lipinski definition) is 0. The Labute approximate surface area is 33.6 Å². The Kier molecular flexibility index (Phi) is 0.873. The molecule has 0 atom stereocenters. The molecule has 19 valence electrons. The summed E-state index contributed by atoms with van der Waals surface area (Å²) in [7, 11) is 2.00. The van der Waals surface area contributed by atoms with Crippen molar-refractivity contribution in [3.8, 4) is 0 Å². The van der Waals surface area contributed by atoms with Gasteiger partial charge in [-0.15, -0.1) is 0 Å². The third-order valence-corrected chi connectivity index (χ3v) is 0.556. The van der Waals surface area contributed by atoms with Crippen molar-refractivity contribution in [1.29, 1.82) is 0 Å². The molecule has 1 aliphatic heterocycles. The van der Waals surface area contributed by atoms with Gasteiger partial charge in [-0.25, -0.2) is 0 Å². The quantitative estimate of drug-likeness (QED) is 0.299. The Morgan fingerprint density at radius 1 is 1.00 bits per heavy atom. The van der Waals surface area contributed by atoms with E-state index >= 15 is 0 Å². The third kappa shape index (κ3) is 0.605. The molecule has 1 aliphatic rings. The number of rotatable bonds is 0. The van der Waals surface area contributed by atoms with Crippen molar-refractivity contribution >= 4 is 32.6 Å². The SMILES string of the molecule is [B]1C=BB=C1. The summed E-state index contributed by atoms with van der Waals surface area (Å²) in [5, 5.41) is 0. The first-order valence-electron chi connectivity index (χ1n) is 1.67. The average molecular weight is 58.5 g/mol. The van der Waals surface area contributed by atoms with Gasteiger partial charge in [0, 0.05) is 0 Å². The number of hydrogen-bond acceptors (Lipinski definition) is 0. The topological polar surface area (TPSA) is 0 Å². The second kappa shape index (κ2) is 1.39. The molecule has 0 unspecified atom stereocenters. The Morgan fingerprint density at radius 3 is 1.80 bits per heavy atom. The van der Waals surface area contributed by atoms with Crippen LogP contribution in [-0.4, -0.2) is 32.6 Å². The summed E-state index contributed by atoms with van der Waals surface area (Å²) in [5.74, 6) is 4.00. The van der Waals surface area contributed by atoms with Gasteiger partial charge in [-0.3, -0.25) is 0 Å². The summed E-state index contributed by atoms with van der Waals surface area (Å²) in [5.41, 5.74) is 0. The Bertz CT molecular complexity index is 63.0. The normalized spacial score (nSPS) is 12.8. The maximum absolute atomic E-state index is 2.00. The van der Waals surface area contributed by atoms with Gasteiger partial charge in [-0.2, -0.15) is 0 Å². The van der Waals surface area contributed by atoms with Crippen LogP contribution in [0.15, 0.2) is 0 Å². The summed E-state index contributed by atoms with van der Waals surface area (Å²) < 4.78 is 0. The van der Waals surface area contributed by atoms with Crippen molar-refractivity contribution in [2.45, 2.75) is 0 Å². The molecule has 0 amide bonds. The van der Waals surface area contributed by atoms with E-state index in [1.165, 1.54) is 0 Å². The van der Waals surface area contributed by atoms with Gasteiger partial charge in [0.1, 0.15) is 0 Å². The van der Waals surface area contributed by atoms with Crippen LogP contribution in [0.4, 0.5) is 0 Å². The molecule has 0 saturated heterocycles. The first-order valence-corrected chi connectivity index (χ1v) is 1.67. The summed E-state index contributed by atoms with van der Waals surface area (Å²) >= 11 is 0. The van der Waals surface area contributed by atoms with Crippen LogP contribution in [0.25, 0.3) is 0 Å². The molecule has 0 saturated carbocycles. The predicted molar refractivity (Wildman–Crippen MR) is 29.4 cm³/mol. The van der Waals surface area contributed by atoms with E-state index in [4.69, 9.17) is 0 Å². The van der Waals surface area contributed by atoms with Crippen LogP contribution in [-0.2, 0) is 0 Å². The molecule has 3 heteroatoms. The van der Waals surface area contributed by atoms with Gasteiger partial charge < -0.3 is 0 Å². The maximum atomic E-state index is 2.00. The fraction of sp³-hybridized carbons (Fsp3) is 0. The molecular weight excluding hydrogens is 56.5 g/mol. The first-order chi connectivity index (χ1) is 2.50. The van der Waals surface area contributed by atoms with Crippen molar-refractivity contribution < 1.29 is 0 Å². The van der Waals surface area contributed by atoms with E-state index in [1.807, 2.05) is 32.6 Å². The van der Waals surface area contributed by atoms with Gasteiger partial charge in [0.25, 0.3) is 0 Å². The monoisotopic (exact) mass is 59.0 g/mol.